The molecule has 0 radical (unpaired) electrons. The lowest BCUT2D eigenvalue weighted by atomic mass is 9.97. The van der Waals surface area contributed by atoms with Crippen molar-refractivity contribution in [3.63, 3.8) is 0 Å². The van der Waals surface area contributed by atoms with Gasteiger partial charge in [-0.15, -0.1) is 0 Å². The molecule has 0 saturated carbocycles. The van der Waals surface area contributed by atoms with Crippen LogP contribution in [-0.2, 0) is 6.54 Å². The van der Waals surface area contributed by atoms with Crippen LogP contribution < -0.4 is 5.32 Å². The van der Waals surface area contributed by atoms with Gasteiger partial charge in [0.05, 0.1) is 0 Å². The topological polar surface area (TPSA) is 15.3 Å². The summed E-state index contributed by atoms with van der Waals surface area (Å²) in [5, 5.41) is 4.82. The molecule has 1 N–H and O–H groups in total. The Bertz CT molecular complexity index is 373. The highest BCUT2D eigenvalue weighted by molar-refractivity contribution is 6.35. The van der Waals surface area contributed by atoms with Gasteiger partial charge in [-0.05, 0) is 51.0 Å². The van der Waals surface area contributed by atoms with E-state index in [2.05, 4.69) is 10.2 Å². The standard InChI is InChI=1S/C14H20Cl2N2/c1-17-8-11-4-3-7-18(9-11)10-12-13(15)5-2-6-14(12)16/h2,5-6,11,17H,3-4,7-10H2,1H3. The number of nitrogens with one attached hydrogen (secondary N) is 1. The zero-order chi connectivity index (χ0) is 13.0. The van der Waals surface area contributed by atoms with Crippen LogP contribution in [-0.4, -0.2) is 31.6 Å². The zero-order valence-corrected chi connectivity index (χ0v) is 12.3. The van der Waals surface area contributed by atoms with E-state index in [4.69, 9.17) is 23.2 Å². The van der Waals surface area contributed by atoms with E-state index in [0.717, 1.165) is 47.7 Å². The summed E-state index contributed by atoms with van der Waals surface area (Å²) in [4.78, 5) is 2.46. The Balaban J connectivity index is 2.00. The third kappa shape index (κ3) is 3.61. The molecule has 1 aromatic rings. The molecular formula is C14H20Cl2N2. The first-order chi connectivity index (χ1) is 8.70. The van der Waals surface area contributed by atoms with Crippen molar-refractivity contribution >= 4 is 23.2 Å². The molecule has 1 atom stereocenters. The highest BCUT2D eigenvalue weighted by atomic mass is 35.5. The molecule has 1 aliphatic heterocycles. The second-order valence-electron chi connectivity index (χ2n) is 5.00. The second kappa shape index (κ2) is 6.76. The number of hydrogen-bond donors (Lipinski definition) is 1. The SMILES string of the molecule is CNCC1CCCN(Cc2c(Cl)cccc2Cl)C1. The predicted octanol–water partition coefficient (Wildman–Crippen LogP) is 3.42. The summed E-state index contributed by atoms with van der Waals surface area (Å²) < 4.78 is 0. The van der Waals surface area contributed by atoms with Crippen LogP contribution in [0.5, 0.6) is 0 Å². The van der Waals surface area contributed by atoms with E-state index in [1.165, 1.54) is 12.8 Å². The maximum Gasteiger partial charge on any atom is 0.0465 e. The maximum atomic E-state index is 6.22. The molecule has 0 amide bonds. The number of benzene rings is 1. The van der Waals surface area contributed by atoms with Gasteiger partial charge in [-0.1, -0.05) is 29.3 Å². The van der Waals surface area contributed by atoms with E-state index in [0.29, 0.717) is 0 Å². The van der Waals surface area contributed by atoms with Crippen LogP contribution in [0.1, 0.15) is 18.4 Å². The maximum absolute atomic E-state index is 6.22. The van der Waals surface area contributed by atoms with Crippen molar-refractivity contribution < 1.29 is 0 Å². The van der Waals surface area contributed by atoms with Crippen molar-refractivity contribution in [1.82, 2.24) is 10.2 Å². The number of hydrogen-bond acceptors (Lipinski definition) is 2. The minimum atomic E-state index is 0.741. The molecule has 1 fully saturated rings. The Kier molecular flexibility index (Phi) is 5.31. The molecule has 1 aliphatic rings. The van der Waals surface area contributed by atoms with E-state index in [9.17, 15) is 0 Å². The number of nitrogens with zero attached hydrogens (tertiary/aromatic N) is 1. The van der Waals surface area contributed by atoms with Gasteiger partial charge in [0, 0.05) is 28.7 Å². The number of piperidine rings is 1. The lowest BCUT2D eigenvalue weighted by molar-refractivity contribution is 0.167. The fourth-order valence-corrected chi connectivity index (χ4v) is 3.17. The fraction of sp³-hybridized carbons (Fsp3) is 0.571. The van der Waals surface area contributed by atoms with Gasteiger partial charge in [-0.2, -0.15) is 0 Å². The van der Waals surface area contributed by atoms with Gasteiger partial charge in [-0.25, -0.2) is 0 Å². The van der Waals surface area contributed by atoms with E-state index in [-0.39, 0.29) is 0 Å². The van der Waals surface area contributed by atoms with Crippen LogP contribution in [0.3, 0.4) is 0 Å². The fourth-order valence-electron chi connectivity index (χ4n) is 2.66. The largest absolute Gasteiger partial charge is 0.319 e. The molecule has 1 heterocycles. The zero-order valence-electron chi connectivity index (χ0n) is 10.8. The number of likely N-dealkylation sites (tertiary alicyclic amines) is 1. The summed E-state index contributed by atoms with van der Waals surface area (Å²) in [6, 6.07) is 5.73. The van der Waals surface area contributed by atoms with Crippen molar-refractivity contribution in [3.8, 4) is 0 Å². The third-order valence-electron chi connectivity index (χ3n) is 3.54. The minimum absolute atomic E-state index is 0.741. The lowest BCUT2D eigenvalue weighted by Gasteiger charge is -2.33. The molecule has 100 valence electrons. The van der Waals surface area contributed by atoms with Gasteiger partial charge in [0.2, 0.25) is 0 Å². The van der Waals surface area contributed by atoms with Gasteiger partial charge < -0.3 is 5.32 Å². The smallest absolute Gasteiger partial charge is 0.0465 e. The normalized spacial score (nSPS) is 21.2. The first-order valence-corrected chi connectivity index (χ1v) is 7.26. The Labute approximate surface area is 119 Å². The van der Waals surface area contributed by atoms with E-state index >= 15 is 0 Å². The molecule has 2 rings (SSSR count). The Hall–Kier alpha value is -0.280. The van der Waals surface area contributed by atoms with E-state index in [1.54, 1.807) is 0 Å². The van der Waals surface area contributed by atoms with Crippen molar-refractivity contribution in [2.45, 2.75) is 19.4 Å². The predicted molar refractivity (Wildman–Crippen MR) is 78.4 cm³/mol. The Morgan fingerprint density at radius 3 is 2.72 bits per heavy atom. The highest BCUT2D eigenvalue weighted by Crippen LogP contribution is 2.27. The summed E-state index contributed by atoms with van der Waals surface area (Å²) in [5.41, 5.74) is 1.06. The van der Waals surface area contributed by atoms with Crippen LogP contribution in [0.2, 0.25) is 10.0 Å². The van der Waals surface area contributed by atoms with Crippen molar-refractivity contribution in [2.24, 2.45) is 5.92 Å². The molecule has 0 bridgehead atoms. The second-order valence-corrected chi connectivity index (χ2v) is 5.82. The van der Waals surface area contributed by atoms with Crippen LogP contribution in [0, 0.1) is 5.92 Å². The molecule has 18 heavy (non-hydrogen) atoms. The summed E-state index contributed by atoms with van der Waals surface area (Å²) >= 11 is 12.4. The van der Waals surface area contributed by atoms with Crippen molar-refractivity contribution in [2.75, 3.05) is 26.7 Å². The van der Waals surface area contributed by atoms with Gasteiger partial charge in [0.25, 0.3) is 0 Å². The number of rotatable bonds is 4. The molecule has 2 nitrogen and oxygen atoms in total. The van der Waals surface area contributed by atoms with Gasteiger partial charge in [0.15, 0.2) is 0 Å². The Morgan fingerprint density at radius 1 is 1.33 bits per heavy atom. The molecule has 1 aromatic carbocycles. The third-order valence-corrected chi connectivity index (χ3v) is 4.25. The molecular weight excluding hydrogens is 267 g/mol. The summed E-state index contributed by atoms with van der Waals surface area (Å²) in [5.74, 6) is 0.741. The van der Waals surface area contributed by atoms with Gasteiger partial charge in [0.1, 0.15) is 0 Å². The molecule has 4 heteroatoms. The molecule has 0 aliphatic carbocycles. The van der Waals surface area contributed by atoms with Crippen molar-refractivity contribution in [1.29, 1.82) is 0 Å². The summed E-state index contributed by atoms with van der Waals surface area (Å²) in [7, 11) is 2.02. The highest BCUT2D eigenvalue weighted by Gasteiger charge is 2.20. The average molecular weight is 287 g/mol. The molecule has 0 spiro atoms. The molecule has 1 unspecified atom stereocenters. The van der Waals surface area contributed by atoms with Gasteiger partial charge >= 0.3 is 0 Å². The number of halogens is 2. The quantitative estimate of drug-likeness (QED) is 0.912. The van der Waals surface area contributed by atoms with E-state index < -0.39 is 0 Å². The summed E-state index contributed by atoms with van der Waals surface area (Å²) in [6.07, 6.45) is 2.57. The summed E-state index contributed by atoms with van der Waals surface area (Å²) in [6.45, 7) is 4.22. The average Bonchev–Trinajstić information content (AvgIpc) is 2.35. The van der Waals surface area contributed by atoms with Crippen molar-refractivity contribution in [3.05, 3.63) is 33.8 Å². The van der Waals surface area contributed by atoms with Crippen LogP contribution in [0.4, 0.5) is 0 Å². The Morgan fingerprint density at radius 2 is 2.06 bits per heavy atom. The van der Waals surface area contributed by atoms with E-state index in [1.807, 2.05) is 25.2 Å². The monoisotopic (exact) mass is 286 g/mol. The first kappa shape index (κ1) is 14.1. The van der Waals surface area contributed by atoms with Crippen LogP contribution in [0.15, 0.2) is 18.2 Å². The lowest BCUT2D eigenvalue weighted by Crippen LogP contribution is -2.38. The molecule has 1 saturated heterocycles. The van der Waals surface area contributed by atoms with Crippen LogP contribution in [0.25, 0.3) is 0 Å². The van der Waals surface area contributed by atoms with Crippen LogP contribution >= 0.6 is 23.2 Å². The first-order valence-electron chi connectivity index (χ1n) is 6.50. The van der Waals surface area contributed by atoms with Gasteiger partial charge in [-0.3, -0.25) is 4.90 Å². The minimum Gasteiger partial charge on any atom is -0.319 e. The molecule has 0 aromatic heterocycles.